The minimum absolute atomic E-state index is 0.0458. The Bertz CT molecular complexity index is 1040. The summed E-state index contributed by atoms with van der Waals surface area (Å²) in [5.74, 6) is -1.21. The fraction of sp³-hybridized carbons (Fsp3) is 0.545. The van der Waals surface area contributed by atoms with Crippen LogP contribution in [0.4, 0.5) is 19.0 Å². The third-order valence-corrected chi connectivity index (χ3v) is 8.45. The Balaban J connectivity index is 1.54. The van der Waals surface area contributed by atoms with Gasteiger partial charge in [0.1, 0.15) is 19.0 Å². The Morgan fingerprint density at radius 2 is 1.78 bits per heavy atom. The summed E-state index contributed by atoms with van der Waals surface area (Å²) in [5.41, 5.74) is 0.568. The fourth-order valence-corrected chi connectivity index (χ4v) is 5.92. The van der Waals surface area contributed by atoms with E-state index in [1.54, 1.807) is 24.4 Å². The summed E-state index contributed by atoms with van der Waals surface area (Å²) >= 11 is 0. The third kappa shape index (κ3) is 5.00. The number of sulfone groups is 1. The van der Waals surface area contributed by atoms with Gasteiger partial charge < -0.3 is 5.32 Å². The van der Waals surface area contributed by atoms with Crippen molar-refractivity contribution < 1.29 is 26.4 Å². The maximum absolute atomic E-state index is 13.7. The molecule has 2 aliphatic carbocycles. The lowest BCUT2D eigenvalue weighted by Gasteiger charge is -2.20. The van der Waals surface area contributed by atoms with Crippen molar-refractivity contribution in [1.82, 2.24) is 9.78 Å². The lowest BCUT2D eigenvalue weighted by molar-refractivity contribution is -0.118. The van der Waals surface area contributed by atoms with Gasteiger partial charge >= 0.3 is 0 Å². The van der Waals surface area contributed by atoms with Gasteiger partial charge in [0.15, 0.2) is 15.7 Å². The maximum Gasteiger partial charge on any atom is 0.233 e. The quantitative estimate of drug-likeness (QED) is 0.602. The molecule has 1 heterocycles. The zero-order valence-electron chi connectivity index (χ0n) is 17.5. The Morgan fingerprint density at radius 1 is 1.12 bits per heavy atom. The van der Waals surface area contributed by atoms with Crippen LogP contribution in [0.1, 0.15) is 43.6 Å². The monoisotopic (exact) mass is 469 g/mol. The Labute approximate surface area is 185 Å². The Morgan fingerprint density at radius 3 is 2.38 bits per heavy atom. The van der Waals surface area contributed by atoms with E-state index in [0.29, 0.717) is 18.4 Å². The molecule has 4 rings (SSSR count). The molecule has 1 aromatic heterocycles. The lowest BCUT2D eigenvalue weighted by atomic mass is 9.87. The van der Waals surface area contributed by atoms with Crippen molar-refractivity contribution in [3.8, 4) is 0 Å². The highest BCUT2D eigenvalue weighted by Gasteiger charge is 2.38. The molecule has 0 radical (unpaired) electrons. The van der Waals surface area contributed by atoms with E-state index in [1.807, 2.05) is 0 Å². The normalized spacial score (nSPS) is 24.4. The van der Waals surface area contributed by atoms with Gasteiger partial charge in [0, 0.05) is 12.3 Å². The number of aromatic nitrogens is 2. The Hall–Kier alpha value is -2.36. The highest BCUT2D eigenvalue weighted by atomic mass is 32.2. The average Bonchev–Trinajstić information content (AvgIpc) is 3.47. The number of hydrogen-bond acceptors (Lipinski definition) is 4. The molecule has 4 atom stereocenters. The van der Waals surface area contributed by atoms with Gasteiger partial charge in [-0.25, -0.2) is 21.6 Å². The van der Waals surface area contributed by atoms with Crippen LogP contribution in [-0.4, -0.2) is 48.4 Å². The first kappa shape index (κ1) is 22.8. The standard InChI is InChI=1S/C22H26F3N3O3S/c23-8-10-28-9-7-21(27-28)26-22(29)18(11-14-12-19(24)20(25)13-14)15-1-3-16(4-2-15)32(30,31)17-5-6-17/h1-4,7,9,14,17-20H,5-6,8,10-13H2,(H,26,27,29)/t14?,18-,19-,20+/m1/s1. The van der Waals surface area contributed by atoms with E-state index in [0.717, 1.165) is 0 Å². The predicted molar refractivity (Wildman–Crippen MR) is 113 cm³/mol. The van der Waals surface area contributed by atoms with Gasteiger partial charge in [-0.05, 0) is 55.7 Å². The van der Waals surface area contributed by atoms with E-state index in [9.17, 15) is 26.4 Å². The molecule has 0 saturated heterocycles. The summed E-state index contributed by atoms with van der Waals surface area (Å²) in [6.07, 6.45) is 0.0971. The summed E-state index contributed by atoms with van der Waals surface area (Å²) in [5, 5.41) is 6.44. The zero-order chi connectivity index (χ0) is 22.9. The second kappa shape index (κ2) is 9.25. The van der Waals surface area contributed by atoms with Crippen LogP contribution in [0.25, 0.3) is 0 Å². The molecular weight excluding hydrogens is 443 g/mol. The van der Waals surface area contributed by atoms with E-state index in [2.05, 4.69) is 10.4 Å². The van der Waals surface area contributed by atoms with Gasteiger partial charge in [0.05, 0.1) is 22.6 Å². The van der Waals surface area contributed by atoms with Gasteiger partial charge in [-0.2, -0.15) is 5.10 Å². The molecule has 2 saturated carbocycles. The third-order valence-electron chi connectivity index (χ3n) is 6.17. The topological polar surface area (TPSA) is 81.1 Å². The molecule has 32 heavy (non-hydrogen) atoms. The first-order valence-corrected chi connectivity index (χ1v) is 12.3. The first-order chi connectivity index (χ1) is 15.3. The van der Waals surface area contributed by atoms with Gasteiger partial charge in [0.25, 0.3) is 0 Å². The van der Waals surface area contributed by atoms with Crippen LogP contribution < -0.4 is 5.32 Å². The number of carbonyl (C=O) groups is 1. The molecule has 6 nitrogen and oxygen atoms in total. The minimum atomic E-state index is -3.36. The van der Waals surface area contributed by atoms with Crippen LogP contribution in [0.2, 0.25) is 0 Å². The van der Waals surface area contributed by atoms with Crippen LogP contribution in [0.15, 0.2) is 41.4 Å². The van der Waals surface area contributed by atoms with Crippen molar-refractivity contribution in [2.75, 3.05) is 12.0 Å². The smallest absolute Gasteiger partial charge is 0.233 e. The zero-order valence-corrected chi connectivity index (χ0v) is 18.3. The number of hydrogen-bond donors (Lipinski definition) is 1. The SMILES string of the molecule is O=C(Nc1ccn(CCF)n1)[C@H](CC1C[C@@H](F)[C@@H](F)C1)c1ccc(S(=O)(=O)C2CC2)cc1. The molecular formula is C22H26F3N3O3S. The highest BCUT2D eigenvalue weighted by Crippen LogP contribution is 2.39. The van der Waals surface area contributed by atoms with Crippen LogP contribution in [0, 0.1) is 5.92 Å². The lowest BCUT2D eigenvalue weighted by Crippen LogP contribution is -2.24. The van der Waals surface area contributed by atoms with E-state index >= 15 is 0 Å². The number of rotatable bonds is 9. The number of nitrogens with zero attached hydrogens (tertiary/aromatic N) is 2. The predicted octanol–water partition coefficient (Wildman–Crippen LogP) is 3.99. The summed E-state index contributed by atoms with van der Waals surface area (Å²) in [6, 6.07) is 7.71. The van der Waals surface area contributed by atoms with Crippen LogP contribution in [0.3, 0.4) is 0 Å². The van der Waals surface area contributed by atoms with Crippen molar-refractivity contribution in [2.45, 2.75) is 67.1 Å². The molecule has 174 valence electrons. The average molecular weight is 470 g/mol. The maximum atomic E-state index is 13.7. The molecule has 0 spiro atoms. The van der Waals surface area contributed by atoms with Gasteiger partial charge in [-0.1, -0.05) is 12.1 Å². The van der Waals surface area contributed by atoms with Crippen LogP contribution in [-0.2, 0) is 21.2 Å². The number of alkyl halides is 3. The molecule has 1 amide bonds. The number of aryl methyl sites for hydroxylation is 1. The van der Waals surface area contributed by atoms with Crippen molar-refractivity contribution in [1.29, 1.82) is 0 Å². The molecule has 1 unspecified atom stereocenters. The summed E-state index contributed by atoms with van der Waals surface area (Å²) in [6.45, 7) is -0.529. The van der Waals surface area contributed by atoms with Crippen LogP contribution in [0.5, 0.6) is 0 Å². The highest BCUT2D eigenvalue weighted by molar-refractivity contribution is 7.92. The second-order valence-corrected chi connectivity index (χ2v) is 10.8. The molecule has 2 aromatic rings. The number of benzene rings is 1. The van der Waals surface area contributed by atoms with Crippen molar-refractivity contribution in [2.24, 2.45) is 5.92 Å². The molecule has 0 bridgehead atoms. The van der Waals surface area contributed by atoms with E-state index in [4.69, 9.17) is 0 Å². The van der Waals surface area contributed by atoms with E-state index in [-0.39, 0.29) is 47.7 Å². The number of carbonyl (C=O) groups excluding carboxylic acids is 1. The largest absolute Gasteiger partial charge is 0.309 e. The molecule has 0 aliphatic heterocycles. The van der Waals surface area contributed by atoms with Crippen LogP contribution >= 0.6 is 0 Å². The minimum Gasteiger partial charge on any atom is -0.309 e. The van der Waals surface area contributed by atoms with Gasteiger partial charge in [-0.15, -0.1) is 0 Å². The van der Waals surface area contributed by atoms with Crippen molar-refractivity contribution in [3.63, 3.8) is 0 Å². The molecule has 2 fully saturated rings. The second-order valence-electron chi connectivity index (χ2n) is 8.61. The fourth-order valence-electron chi connectivity index (χ4n) is 4.26. The summed E-state index contributed by atoms with van der Waals surface area (Å²) in [7, 11) is -3.36. The van der Waals surface area contributed by atoms with Crippen molar-refractivity contribution >= 4 is 21.6 Å². The number of anilines is 1. The van der Waals surface area contributed by atoms with E-state index in [1.165, 1.54) is 16.8 Å². The molecule has 10 heteroatoms. The Kier molecular flexibility index (Phi) is 6.60. The van der Waals surface area contributed by atoms with E-state index < -0.39 is 40.7 Å². The number of amides is 1. The number of halogens is 3. The molecule has 2 aliphatic rings. The summed E-state index contributed by atoms with van der Waals surface area (Å²) in [4.78, 5) is 13.3. The van der Waals surface area contributed by atoms with Gasteiger partial charge in [0.2, 0.25) is 5.91 Å². The van der Waals surface area contributed by atoms with Crippen molar-refractivity contribution in [3.05, 3.63) is 42.1 Å². The molecule has 1 N–H and O–H groups in total. The number of nitrogens with one attached hydrogen (secondary N) is 1. The summed E-state index contributed by atoms with van der Waals surface area (Å²) < 4.78 is 66.2. The van der Waals surface area contributed by atoms with Gasteiger partial charge in [-0.3, -0.25) is 9.48 Å². The first-order valence-electron chi connectivity index (χ1n) is 10.8. The molecule has 1 aromatic carbocycles.